The Morgan fingerprint density at radius 2 is 2.10 bits per heavy atom. The predicted octanol–water partition coefficient (Wildman–Crippen LogP) is 2.63. The van der Waals surface area contributed by atoms with Crippen LogP contribution in [-0.2, 0) is 11.2 Å². The van der Waals surface area contributed by atoms with E-state index in [9.17, 15) is 9.90 Å². The number of aryl methyl sites for hydroxylation is 1. The number of amides is 1. The van der Waals surface area contributed by atoms with Gasteiger partial charge in [0.05, 0.1) is 6.61 Å². The van der Waals surface area contributed by atoms with Gasteiger partial charge in [-0.2, -0.15) is 0 Å². The molecule has 1 aliphatic heterocycles. The van der Waals surface area contributed by atoms with E-state index in [0.29, 0.717) is 13.0 Å². The largest absolute Gasteiger partial charge is 0.396 e. The summed E-state index contributed by atoms with van der Waals surface area (Å²) in [5.41, 5.74) is 1.14. The van der Waals surface area contributed by atoms with Gasteiger partial charge in [-0.15, -0.1) is 0 Å². The van der Waals surface area contributed by atoms with Gasteiger partial charge >= 0.3 is 0 Å². The molecule has 0 radical (unpaired) electrons. The van der Waals surface area contributed by atoms with E-state index in [-0.39, 0.29) is 17.9 Å². The van der Waals surface area contributed by atoms with Crippen LogP contribution in [0.15, 0.2) is 30.3 Å². The minimum atomic E-state index is -0.0688. The predicted molar refractivity (Wildman–Crippen MR) is 80.4 cm³/mol. The zero-order valence-electron chi connectivity index (χ0n) is 12.3. The SMILES string of the molecule is CC[C@@]1(CO)CCCN(C(=O)CCc2ccccc2)C1. The molecule has 0 saturated carbocycles. The van der Waals surface area contributed by atoms with Crippen LogP contribution in [0.1, 0.15) is 38.2 Å². The molecule has 1 N–H and O–H groups in total. The van der Waals surface area contributed by atoms with Gasteiger partial charge in [0.1, 0.15) is 0 Å². The van der Waals surface area contributed by atoms with E-state index in [0.717, 1.165) is 32.2 Å². The molecular weight excluding hydrogens is 250 g/mol. The molecule has 0 bridgehead atoms. The topological polar surface area (TPSA) is 40.5 Å². The number of carbonyl (C=O) groups is 1. The quantitative estimate of drug-likeness (QED) is 0.897. The molecule has 1 saturated heterocycles. The molecular formula is C17H25NO2. The minimum absolute atomic E-state index is 0.0688. The Bertz CT molecular complexity index is 426. The van der Waals surface area contributed by atoms with Crippen molar-refractivity contribution in [1.29, 1.82) is 0 Å². The van der Waals surface area contributed by atoms with E-state index in [4.69, 9.17) is 0 Å². The summed E-state index contributed by atoms with van der Waals surface area (Å²) in [4.78, 5) is 14.3. The van der Waals surface area contributed by atoms with Crippen LogP contribution in [0.2, 0.25) is 0 Å². The summed E-state index contributed by atoms with van der Waals surface area (Å²) >= 11 is 0. The fourth-order valence-electron chi connectivity index (χ4n) is 3.00. The molecule has 1 aliphatic rings. The van der Waals surface area contributed by atoms with Crippen LogP contribution in [0.3, 0.4) is 0 Å². The van der Waals surface area contributed by atoms with Crippen LogP contribution in [0.4, 0.5) is 0 Å². The standard InChI is InChI=1S/C17H25NO2/c1-2-17(14-19)11-6-12-18(13-17)16(20)10-9-15-7-4-3-5-8-15/h3-5,7-8,19H,2,6,9-14H2,1H3/t17-/m1/s1. The summed E-state index contributed by atoms with van der Waals surface area (Å²) < 4.78 is 0. The first kappa shape index (κ1) is 15.0. The highest BCUT2D eigenvalue weighted by molar-refractivity contribution is 5.76. The monoisotopic (exact) mass is 275 g/mol. The van der Waals surface area contributed by atoms with Crippen LogP contribution < -0.4 is 0 Å². The van der Waals surface area contributed by atoms with Crippen LogP contribution >= 0.6 is 0 Å². The van der Waals surface area contributed by atoms with Crippen LogP contribution in [0.25, 0.3) is 0 Å². The van der Waals surface area contributed by atoms with E-state index >= 15 is 0 Å². The number of aliphatic hydroxyl groups excluding tert-OH is 1. The maximum absolute atomic E-state index is 12.3. The molecule has 0 unspecified atom stereocenters. The number of nitrogens with zero attached hydrogens (tertiary/aromatic N) is 1. The molecule has 1 atom stereocenters. The lowest BCUT2D eigenvalue weighted by atomic mass is 9.78. The van der Waals surface area contributed by atoms with Gasteiger partial charge in [-0.05, 0) is 31.2 Å². The lowest BCUT2D eigenvalue weighted by Gasteiger charge is -2.41. The molecule has 1 aromatic carbocycles. The van der Waals surface area contributed by atoms with Crippen molar-refractivity contribution in [3.05, 3.63) is 35.9 Å². The van der Waals surface area contributed by atoms with Crippen LogP contribution in [0, 0.1) is 5.41 Å². The molecule has 3 heteroatoms. The van der Waals surface area contributed by atoms with Gasteiger partial charge in [0.2, 0.25) is 5.91 Å². The van der Waals surface area contributed by atoms with Crippen molar-refractivity contribution in [2.24, 2.45) is 5.41 Å². The fraction of sp³-hybridized carbons (Fsp3) is 0.588. The van der Waals surface area contributed by atoms with Crippen molar-refractivity contribution < 1.29 is 9.90 Å². The molecule has 1 fully saturated rings. The Hall–Kier alpha value is -1.35. The summed E-state index contributed by atoms with van der Waals surface area (Å²) in [6.45, 7) is 3.85. The average molecular weight is 275 g/mol. The Labute approximate surface area is 121 Å². The first-order valence-corrected chi connectivity index (χ1v) is 7.62. The maximum atomic E-state index is 12.3. The van der Waals surface area contributed by atoms with Gasteiger partial charge in [-0.1, -0.05) is 37.3 Å². The second-order valence-electron chi connectivity index (χ2n) is 5.92. The lowest BCUT2D eigenvalue weighted by molar-refractivity contribution is -0.135. The number of benzene rings is 1. The third-order valence-corrected chi connectivity index (χ3v) is 4.57. The average Bonchev–Trinajstić information content (AvgIpc) is 2.53. The number of hydrogen-bond donors (Lipinski definition) is 1. The van der Waals surface area contributed by atoms with Gasteiger partial charge in [0.15, 0.2) is 0 Å². The van der Waals surface area contributed by atoms with Crippen LogP contribution in [0.5, 0.6) is 0 Å². The number of carbonyl (C=O) groups excluding carboxylic acids is 1. The molecule has 2 rings (SSSR count). The van der Waals surface area contributed by atoms with Gasteiger partial charge in [-0.25, -0.2) is 0 Å². The molecule has 1 aromatic rings. The Morgan fingerprint density at radius 1 is 1.35 bits per heavy atom. The molecule has 110 valence electrons. The van der Waals surface area contributed by atoms with Crippen molar-refractivity contribution in [2.75, 3.05) is 19.7 Å². The first-order valence-electron chi connectivity index (χ1n) is 7.62. The highest BCUT2D eigenvalue weighted by Crippen LogP contribution is 2.33. The first-order chi connectivity index (χ1) is 9.69. The fourth-order valence-corrected chi connectivity index (χ4v) is 3.00. The molecule has 0 spiro atoms. The number of piperidine rings is 1. The van der Waals surface area contributed by atoms with Crippen molar-refractivity contribution in [1.82, 2.24) is 4.90 Å². The Morgan fingerprint density at radius 3 is 2.75 bits per heavy atom. The summed E-state index contributed by atoms with van der Waals surface area (Å²) in [6.07, 6.45) is 4.34. The van der Waals surface area contributed by atoms with Gasteiger partial charge < -0.3 is 10.0 Å². The molecule has 0 aliphatic carbocycles. The maximum Gasteiger partial charge on any atom is 0.222 e. The van der Waals surface area contributed by atoms with E-state index < -0.39 is 0 Å². The van der Waals surface area contributed by atoms with Crippen molar-refractivity contribution in [2.45, 2.75) is 39.0 Å². The summed E-state index contributed by atoms with van der Waals surface area (Å²) in [7, 11) is 0. The van der Waals surface area contributed by atoms with E-state index in [2.05, 4.69) is 19.1 Å². The normalized spacial score (nSPS) is 22.8. The highest BCUT2D eigenvalue weighted by atomic mass is 16.3. The molecule has 1 amide bonds. The Kier molecular flexibility index (Phi) is 5.18. The minimum Gasteiger partial charge on any atom is -0.396 e. The zero-order chi connectivity index (χ0) is 14.4. The smallest absolute Gasteiger partial charge is 0.222 e. The van der Waals surface area contributed by atoms with E-state index in [1.807, 2.05) is 23.1 Å². The van der Waals surface area contributed by atoms with E-state index in [1.165, 1.54) is 5.56 Å². The van der Waals surface area contributed by atoms with Crippen molar-refractivity contribution >= 4 is 5.91 Å². The summed E-state index contributed by atoms with van der Waals surface area (Å²) in [5, 5.41) is 9.61. The van der Waals surface area contributed by atoms with Crippen molar-refractivity contribution in [3.63, 3.8) is 0 Å². The van der Waals surface area contributed by atoms with Crippen molar-refractivity contribution in [3.8, 4) is 0 Å². The number of rotatable bonds is 5. The zero-order valence-corrected chi connectivity index (χ0v) is 12.3. The third kappa shape index (κ3) is 3.60. The second-order valence-corrected chi connectivity index (χ2v) is 5.92. The molecule has 3 nitrogen and oxygen atoms in total. The molecule has 20 heavy (non-hydrogen) atoms. The van der Waals surface area contributed by atoms with Gasteiger partial charge in [-0.3, -0.25) is 4.79 Å². The van der Waals surface area contributed by atoms with Crippen LogP contribution in [-0.4, -0.2) is 35.6 Å². The second kappa shape index (κ2) is 6.89. The van der Waals surface area contributed by atoms with Gasteiger partial charge in [0, 0.05) is 24.9 Å². The summed E-state index contributed by atoms with van der Waals surface area (Å²) in [6, 6.07) is 10.1. The third-order valence-electron chi connectivity index (χ3n) is 4.57. The Balaban J connectivity index is 1.89. The highest BCUT2D eigenvalue weighted by Gasteiger charge is 2.34. The molecule has 0 aromatic heterocycles. The number of hydrogen-bond acceptors (Lipinski definition) is 2. The lowest BCUT2D eigenvalue weighted by Crippen LogP contribution is -2.47. The summed E-state index contributed by atoms with van der Waals surface area (Å²) in [5.74, 6) is 0.222. The molecule has 1 heterocycles. The number of aliphatic hydroxyl groups is 1. The van der Waals surface area contributed by atoms with Gasteiger partial charge in [0.25, 0.3) is 0 Å². The van der Waals surface area contributed by atoms with E-state index in [1.54, 1.807) is 0 Å². The number of likely N-dealkylation sites (tertiary alicyclic amines) is 1.